The molecule has 3 nitrogen and oxygen atoms in total. The van der Waals surface area contributed by atoms with Crippen LogP contribution in [-0.2, 0) is 0 Å². The highest BCUT2D eigenvalue weighted by Crippen LogP contribution is 2.24. The van der Waals surface area contributed by atoms with Gasteiger partial charge in [0.1, 0.15) is 11.8 Å². The molecule has 3 heteroatoms. The first kappa shape index (κ1) is 12.8. The fourth-order valence-corrected chi connectivity index (χ4v) is 2.44. The van der Waals surface area contributed by atoms with Gasteiger partial charge in [0, 0.05) is 12.2 Å². The van der Waals surface area contributed by atoms with E-state index in [1.807, 2.05) is 30.3 Å². The average Bonchev–Trinajstić information content (AvgIpc) is 2.45. The van der Waals surface area contributed by atoms with Crippen LogP contribution >= 0.6 is 0 Å². The summed E-state index contributed by atoms with van der Waals surface area (Å²) in [7, 11) is 0. The molecule has 1 aliphatic rings. The van der Waals surface area contributed by atoms with Crippen molar-refractivity contribution in [1.82, 2.24) is 0 Å². The van der Waals surface area contributed by atoms with Crippen molar-refractivity contribution in [2.75, 3.05) is 18.5 Å². The summed E-state index contributed by atoms with van der Waals surface area (Å²) in [6.45, 7) is 1.17. The quantitative estimate of drug-likeness (QED) is 0.861. The summed E-state index contributed by atoms with van der Waals surface area (Å²) < 4.78 is 5.22. The van der Waals surface area contributed by atoms with Gasteiger partial charge in [-0.15, -0.1) is 0 Å². The van der Waals surface area contributed by atoms with Crippen LogP contribution in [0.15, 0.2) is 24.3 Å². The first-order chi connectivity index (χ1) is 8.88. The lowest BCUT2D eigenvalue weighted by molar-refractivity contribution is 0.368. The van der Waals surface area contributed by atoms with E-state index in [-0.39, 0.29) is 6.61 Å². The van der Waals surface area contributed by atoms with E-state index in [1.165, 1.54) is 32.1 Å². The zero-order valence-electron chi connectivity index (χ0n) is 10.7. The molecule has 0 spiro atoms. The van der Waals surface area contributed by atoms with Crippen LogP contribution in [-0.4, -0.2) is 13.2 Å². The number of nitrogens with one attached hydrogen (secondary N) is 1. The largest absolute Gasteiger partial charge is 0.479 e. The summed E-state index contributed by atoms with van der Waals surface area (Å²) in [6.07, 6.45) is 6.88. The number of hydrogen-bond donors (Lipinski definition) is 1. The predicted octanol–water partition coefficient (Wildman–Crippen LogP) is 3.58. The lowest BCUT2D eigenvalue weighted by atomic mass is 9.89. The Morgan fingerprint density at radius 1 is 1.17 bits per heavy atom. The zero-order chi connectivity index (χ0) is 12.6. The van der Waals surface area contributed by atoms with Gasteiger partial charge >= 0.3 is 0 Å². The lowest BCUT2D eigenvalue weighted by Gasteiger charge is -2.22. The molecule has 0 aliphatic heterocycles. The summed E-state index contributed by atoms with van der Waals surface area (Å²) in [5.74, 6) is 1.58. The smallest absolute Gasteiger partial charge is 0.174 e. The van der Waals surface area contributed by atoms with Crippen molar-refractivity contribution in [2.45, 2.75) is 32.1 Å². The third kappa shape index (κ3) is 3.96. The van der Waals surface area contributed by atoms with Gasteiger partial charge in [-0.25, -0.2) is 0 Å². The van der Waals surface area contributed by atoms with Gasteiger partial charge in [0.25, 0.3) is 0 Å². The number of rotatable bonds is 5. The highest BCUT2D eigenvalue weighted by atomic mass is 16.5. The molecule has 0 saturated heterocycles. The van der Waals surface area contributed by atoms with Crippen molar-refractivity contribution in [3.8, 4) is 11.8 Å². The summed E-state index contributed by atoms with van der Waals surface area (Å²) in [4.78, 5) is 0. The maximum atomic E-state index is 8.42. The summed E-state index contributed by atoms with van der Waals surface area (Å²) in [5, 5.41) is 11.9. The minimum Gasteiger partial charge on any atom is -0.479 e. The average molecular weight is 244 g/mol. The number of nitrogens with zero attached hydrogens (tertiary/aromatic N) is 1. The number of anilines is 1. The third-order valence-corrected chi connectivity index (χ3v) is 3.48. The molecule has 0 bridgehead atoms. The molecule has 0 radical (unpaired) electrons. The Hall–Kier alpha value is -1.69. The molecule has 0 aromatic heterocycles. The molecule has 0 amide bonds. The van der Waals surface area contributed by atoms with Crippen molar-refractivity contribution >= 4 is 5.69 Å². The molecule has 1 aromatic carbocycles. The van der Waals surface area contributed by atoms with Crippen molar-refractivity contribution < 1.29 is 4.74 Å². The van der Waals surface area contributed by atoms with Gasteiger partial charge in [-0.2, -0.15) is 5.26 Å². The van der Waals surface area contributed by atoms with E-state index < -0.39 is 0 Å². The Morgan fingerprint density at radius 3 is 2.56 bits per heavy atom. The molecule has 1 aliphatic carbocycles. The van der Waals surface area contributed by atoms with Crippen LogP contribution in [0, 0.1) is 17.2 Å². The summed E-state index contributed by atoms with van der Waals surface area (Å²) in [6, 6.07) is 9.79. The second kappa shape index (κ2) is 6.90. The first-order valence-corrected chi connectivity index (χ1v) is 6.72. The molecule has 1 N–H and O–H groups in total. The molecule has 96 valence electrons. The number of benzene rings is 1. The number of ether oxygens (including phenoxy) is 1. The van der Waals surface area contributed by atoms with Crippen molar-refractivity contribution in [1.29, 1.82) is 5.26 Å². The Morgan fingerprint density at radius 2 is 1.89 bits per heavy atom. The van der Waals surface area contributed by atoms with E-state index in [0.717, 1.165) is 23.9 Å². The van der Waals surface area contributed by atoms with Gasteiger partial charge in [-0.1, -0.05) is 19.3 Å². The molecule has 0 unspecified atom stereocenters. The highest BCUT2D eigenvalue weighted by Gasteiger charge is 2.12. The Balaban J connectivity index is 1.77. The Bertz CT molecular complexity index is 388. The zero-order valence-corrected chi connectivity index (χ0v) is 10.7. The molecule has 0 heterocycles. The first-order valence-electron chi connectivity index (χ1n) is 6.72. The fourth-order valence-electron chi connectivity index (χ4n) is 2.44. The third-order valence-electron chi connectivity index (χ3n) is 3.48. The molecule has 1 aromatic rings. The summed E-state index contributed by atoms with van der Waals surface area (Å²) in [5.41, 5.74) is 1.13. The monoisotopic (exact) mass is 244 g/mol. The van der Waals surface area contributed by atoms with Crippen molar-refractivity contribution in [2.24, 2.45) is 5.92 Å². The van der Waals surface area contributed by atoms with Gasteiger partial charge < -0.3 is 10.1 Å². The molecular weight excluding hydrogens is 224 g/mol. The molecule has 1 fully saturated rings. The van der Waals surface area contributed by atoms with Gasteiger partial charge in [0.15, 0.2) is 6.61 Å². The van der Waals surface area contributed by atoms with Crippen LogP contribution in [0.2, 0.25) is 0 Å². The minimum atomic E-state index is 0.106. The molecule has 2 rings (SSSR count). The predicted molar refractivity (Wildman–Crippen MR) is 72.6 cm³/mol. The van der Waals surface area contributed by atoms with Gasteiger partial charge in [0.2, 0.25) is 0 Å². The van der Waals surface area contributed by atoms with Crippen LogP contribution in [0.4, 0.5) is 5.69 Å². The van der Waals surface area contributed by atoms with E-state index >= 15 is 0 Å². The second-order valence-electron chi connectivity index (χ2n) is 4.86. The Labute approximate surface area is 109 Å². The van der Waals surface area contributed by atoms with Gasteiger partial charge in [0.05, 0.1) is 0 Å². The molecule has 0 atom stereocenters. The van der Waals surface area contributed by atoms with Crippen LogP contribution in [0.5, 0.6) is 5.75 Å². The maximum absolute atomic E-state index is 8.42. The molecule has 18 heavy (non-hydrogen) atoms. The Kier molecular flexibility index (Phi) is 4.89. The van der Waals surface area contributed by atoms with E-state index in [1.54, 1.807) is 0 Å². The van der Waals surface area contributed by atoms with Crippen LogP contribution < -0.4 is 10.1 Å². The van der Waals surface area contributed by atoms with Crippen LogP contribution in [0.3, 0.4) is 0 Å². The van der Waals surface area contributed by atoms with E-state index in [2.05, 4.69) is 5.32 Å². The minimum absolute atomic E-state index is 0.106. The second-order valence-corrected chi connectivity index (χ2v) is 4.86. The summed E-state index contributed by atoms with van der Waals surface area (Å²) >= 11 is 0. The van der Waals surface area contributed by atoms with E-state index in [9.17, 15) is 0 Å². The molecular formula is C15H20N2O. The number of nitriles is 1. The number of hydrogen-bond acceptors (Lipinski definition) is 3. The maximum Gasteiger partial charge on any atom is 0.174 e. The van der Waals surface area contributed by atoms with Crippen molar-refractivity contribution in [3.63, 3.8) is 0 Å². The van der Waals surface area contributed by atoms with Gasteiger partial charge in [-0.05, 0) is 43.0 Å². The topological polar surface area (TPSA) is 45.0 Å². The van der Waals surface area contributed by atoms with E-state index in [0.29, 0.717) is 0 Å². The van der Waals surface area contributed by atoms with Crippen LogP contribution in [0.25, 0.3) is 0 Å². The van der Waals surface area contributed by atoms with Crippen molar-refractivity contribution in [3.05, 3.63) is 24.3 Å². The standard InChI is InChI=1S/C15H20N2O/c16-10-11-18-15-8-6-14(7-9-15)17-12-13-4-2-1-3-5-13/h6-9,13,17H,1-5,11-12H2. The lowest BCUT2D eigenvalue weighted by Crippen LogP contribution is -2.16. The fraction of sp³-hybridized carbons (Fsp3) is 0.533. The van der Waals surface area contributed by atoms with Gasteiger partial charge in [-0.3, -0.25) is 0 Å². The normalized spacial score (nSPS) is 15.9. The SMILES string of the molecule is N#CCOc1ccc(NCC2CCCCC2)cc1. The molecule has 1 saturated carbocycles. The van der Waals surface area contributed by atoms with E-state index in [4.69, 9.17) is 10.00 Å². The highest BCUT2D eigenvalue weighted by molar-refractivity contribution is 5.46. The van der Waals surface area contributed by atoms with Crippen LogP contribution in [0.1, 0.15) is 32.1 Å².